The van der Waals surface area contributed by atoms with E-state index in [9.17, 15) is 0 Å². The van der Waals surface area contributed by atoms with Gasteiger partial charge in [-0.3, -0.25) is 0 Å². The van der Waals surface area contributed by atoms with E-state index in [1.165, 1.54) is 20.2 Å². The van der Waals surface area contributed by atoms with Crippen LogP contribution in [0.3, 0.4) is 0 Å². The molecule has 0 atom stereocenters. The lowest BCUT2D eigenvalue weighted by Gasteiger charge is -2.32. The highest BCUT2D eigenvalue weighted by Crippen LogP contribution is 2.39. The Hall–Kier alpha value is -2.65. The highest BCUT2D eigenvalue weighted by atomic mass is 32.1. The highest BCUT2D eigenvalue weighted by Gasteiger charge is 2.51. The molecule has 5 heteroatoms. The molecule has 0 N–H and O–H groups in total. The first kappa shape index (κ1) is 19.3. The number of rotatable bonds is 2. The van der Waals surface area contributed by atoms with Gasteiger partial charge in [-0.2, -0.15) is 0 Å². The topological polar surface area (TPSA) is 22.8 Å². The van der Waals surface area contributed by atoms with Gasteiger partial charge in [-0.05, 0) is 67.9 Å². The lowest BCUT2D eigenvalue weighted by atomic mass is 9.78. The third-order valence-corrected chi connectivity index (χ3v) is 7.50. The third kappa shape index (κ3) is 3.04. The molecular weight excluding hydrogens is 389 g/mol. The average molecular weight is 411 g/mol. The number of hydrogen-bond acceptors (Lipinski definition) is 3. The fourth-order valence-electron chi connectivity index (χ4n) is 3.83. The largest absolute Gasteiger partial charge is 0.494 e. The monoisotopic (exact) mass is 411 g/mol. The first-order chi connectivity index (χ1) is 14.3. The van der Waals surface area contributed by atoms with Crippen molar-refractivity contribution < 1.29 is 9.31 Å². The van der Waals surface area contributed by atoms with E-state index < -0.39 is 0 Å². The van der Waals surface area contributed by atoms with E-state index >= 15 is 0 Å². The Morgan fingerprint density at radius 2 is 1.33 bits per heavy atom. The molecule has 1 saturated heterocycles. The van der Waals surface area contributed by atoms with E-state index in [1.54, 1.807) is 11.3 Å². The van der Waals surface area contributed by atoms with Crippen LogP contribution in [0.25, 0.3) is 36.1 Å². The fourth-order valence-corrected chi connectivity index (χ4v) is 4.90. The van der Waals surface area contributed by atoms with Gasteiger partial charge in [0.25, 0.3) is 0 Å². The molecule has 3 nitrogen and oxygen atoms in total. The first-order valence-corrected chi connectivity index (χ1v) is 10.9. The minimum Gasteiger partial charge on any atom is -0.399 e. The van der Waals surface area contributed by atoms with Crippen LogP contribution in [-0.2, 0) is 9.31 Å². The van der Waals surface area contributed by atoms with Crippen molar-refractivity contribution in [3.63, 3.8) is 0 Å². The quantitative estimate of drug-likeness (QED) is 0.275. The summed E-state index contributed by atoms with van der Waals surface area (Å²) in [5.74, 6) is 0. The van der Waals surface area contributed by atoms with E-state index in [2.05, 4.69) is 68.9 Å². The van der Waals surface area contributed by atoms with Gasteiger partial charge >= 0.3 is 7.12 Å². The van der Waals surface area contributed by atoms with E-state index in [4.69, 9.17) is 15.9 Å². The Kier molecular flexibility index (Phi) is 4.30. The lowest BCUT2D eigenvalue weighted by Crippen LogP contribution is -2.41. The summed E-state index contributed by atoms with van der Waals surface area (Å²) in [5, 5.41) is 2.46. The minimum atomic E-state index is -0.362. The molecule has 0 amide bonds. The Bertz CT molecular complexity index is 1300. The molecule has 1 aliphatic heterocycles. The van der Waals surface area contributed by atoms with E-state index in [0.29, 0.717) is 5.69 Å². The zero-order chi connectivity index (χ0) is 21.1. The summed E-state index contributed by atoms with van der Waals surface area (Å²) in [6, 6.07) is 20.8. The van der Waals surface area contributed by atoms with Crippen molar-refractivity contribution in [2.45, 2.75) is 38.9 Å². The van der Waals surface area contributed by atoms with Gasteiger partial charge in [0.05, 0.1) is 17.8 Å². The summed E-state index contributed by atoms with van der Waals surface area (Å²) >= 11 is 1.80. The average Bonchev–Trinajstić information content (AvgIpc) is 3.20. The summed E-state index contributed by atoms with van der Waals surface area (Å²) in [6.45, 7) is 15.5. The van der Waals surface area contributed by atoms with Crippen LogP contribution in [0.4, 0.5) is 5.69 Å². The minimum absolute atomic E-state index is 0.353. The zero-order valence-corrected chi connectivity index (χ0v) is 18.3. The van der Waals surface area contributed by atoms with E-state index in [0.717, 1.165) is 16.6 Å². The standard InChI is InChI=1S/C25H22BNO2S/c1-24(2)25(3,4)29-26(28-24)18-9-13-23-21(15-18)20-14-17(8-12-22(20)30-23)16-6-10-19(27-5)11-7-16/h6-15H,1-4H3. The molecule has 0 saturated carbocycles. The maximum Gasteiger partial charge on any atom is 0.494 e. The highest BCUT2D eigenvalue weighted by molar-refractivity contribution is 7.25. The van der Waals surface area contributed by atoms with Crippen molar-refractivity contribution in [2.24, 2.45) is 0 Å². The molecule has 5 rings (SSSR count). The van der Waals surface area contributed by atoms with Crippen molar-refractivity contribution in [3.8, 4) is 11.1 Å². The number of thiophene rings is 1. The van der Waals surface area contributed by atoms with Crippen molar-refractivity contribution in [1.29, 1.82) is 0 Å². The molecule has 1 aromatic heterocycles. The van der Waals surface area contributed by atoms with Gasteiger partial charge in [0, 0.05) is 14.8 Å². The normalized spacial score (nSPS) is 17.5. The maximum absolute atomic E-state index is 7.14. The number of benzene rings is 3. The van der Waals surface area contributed by atoms with E-state index in [-0.39, 0.29) is 18.3 Å². The fraction of sp³-hybridized carbons (Fsp3) is 0.240. The second kappa shape index (κ2) is 6.68. The molecule has 2 heterocycles. The first-order valence-electron chi connectivity index (χ1n) is 10.1. The van der Waals surface area contributed by atoms with Crippen molar-refractivity contribution in [1.82, 2.24) is 0 Å². The second-order valence-electron chi connectivity index (χ2n) is 8.82. The van der Waals surface area contributed by atoms with Gasteiger partial charge in [0.15, 0.2) is 5.69 Å². The predicted octanol–water partition coefficient (Wildman–Crippen LogP) is 6.57. The third-order valence-electron chi connectivity index (χ3n) is 6.35. The van der Waals surface area contributed by atoms with Crippen LogP contribution < -0.4 is 5.46 Å². The Morgan fingerprint density at radius 1 is 0.767 bits per heavy atom. The molecule has 30 heavy (non-hydrogen) atoms. The molecule has 4 aromatic rings. The number of fused-ring (bicyclic) bond motifs is 3. The molecule has 0 unspecified atom stereocenters. The van der Waals surface area contributed by atoms with Gasteiger partial charge < -0.3 is 9.31 Å². The molecule has 148 valence electrons. The lowest BCUT2D eigenvalue weighted by molar-refractivity contribution is 0.00578. The second-order valence-corrected chi connectivity index (χ2v) is 9.90. The molecule has 1 fully saturated rings. The zero-order valence-electron chi connectivity index (χ0n) is 17.5. The van der Waals surface area contributed by atoms with Gasteiger partial charge in [0.1, 0.15) is 0 Å². The van der Waals surface area contributed by atoms with Crippen LogP contribution in [0.5, 0.6) is 0 Å². The summed E-state index contributed by atoms with van der Waals surface area (Å²) in [5.41, 5.74) is 3.27. The van der Waals surface area contributed by atoms with Crippen LogP contribution in [0.15, 0.2) is 60.7 Å². The van der Waals surface area contributed by atoms with Gasteiger partial charge in [-0.15, -0.1) is 11.3 Å². The SMILES string of the molecule is [C-]#[N+]c1ccc(-c2ccc3sc4ccc(B5OC(C)(C)C(C)(C)O5)cc4c3c2)cc1. The molecule has 0 bridgehead atoms. The van der Waals surface area contributed by atoms with Gasteiger partial charge in [-0.1, -0.05) is 42.5 Å². The summed E-state index contributed by atoms with van der Waals surface area (Å²) in [7, 11) is -0.362. The number of hydrogen-bond donors (Lipinski definition) is 0. The van der Waals surface area contributed by atoms with Crippen LogP contribution in [0.2, 0.25) is 0 Å². The molecule has 1 aliphatic rings. The van der Waals surface area contributed by atoms with Crippen LogP contribution in [0.1, 0.15) is 27.7 Å². The Balaban J connectivity index is 1.59. The van der Waals surface area contributed by atoms with Crippen molar-refractivity contribution >= 4 is 49.8 Å². The van der Waals surface area contributed by atoms with Crippen LogP contribution in [0, 0.1) is 6.57 Å². The molecule has 0 radical (unpaired) electrons. The van der Waals surface area contributed by atoms with Crippen molar-refractivity contribution in [3.05, 3.63) is 72.1 Å². The van der Waals surface area contributed by atoms with E-state index in [1.807, 2.05) is 24.3 Å². The Labute approximate surface area is 181 Å². The summed E-state index contributed by atoms with van der Waals surface area (Å²) in [6.07, 6.45) is 0. The maximum atomic E-state index is 7.14. The molecule has 3 aromatic carbocycles. The summed E-state index contributed by atoms with van der Waals surface area (Å²) < 4.78 is 15.0. The van der Waals surface area contributed by atoms with Crippen molar-refractivity contribution in [2.75, 3.05) is 0 Å². The van der Waals surface area contributed by atoms with Gasteiger partial charge in [0.2, 0.25) is 0 Å². The van der Waals surface area contributed by atoms with Crippen LogP contribution >= 0.6 is 11.3 Å². The van der Waals surface area contributed by atoms with Gasteiger partial charge in [-0.25, -0.2) is 4.85 Å². The predicted molar refractivity (Wildman–Crippen MR) is 127 cm³/mol. The van der Waals surface area contributed by atoms with Crippen LogP contribution in [-0.4, -0.2) is 18.3 Å². The molecular formula is C25H22BNO2S. The summed E-state index contributed by atoms with van der Waals surface area (Å²) in [4.78, 5) is 3.48. The Morgan fingerprint density at radius 3 is 1.97 bits per heavy atom. The molecule has 0 aliphatic carbocycles. The molecule has 0 spiro atoms. The smallest absolute Gasteiger partial charge is 0.399 e. The number of nitrogens with zero attached hydrogens (tertiary/aromatic N) is 1.